The van der Waals surface area contributed by atoms with Gasteiger partial charge in [-0.15, -0.1) is 0 Å². The molecule has 2 heterocycles. The zero-order chi connectivity index (χ0) is 21.7. The standard InChI is InChI=1S/C23H35N3O4/c1-21(2,3)17-13-18(26(25(17)4)14-16-7-6-12-30-16)24-19(27)22-8-10-23(15-22,11-9-22)20(28)29-5/h13,16H,6-12,14-15H2,1-5H3/t16-,22?,23?/m1/s1. The summed E-state index contributed by atoms with van der Waals surface area (Å²) < 4.78 is 15.1. The fourth-order valence-electron chi connectivity index (χ4n) is 5.78. The van der Waals surface area contributed by atoms with Crippen molar-refractivity contribution in [1.82, 2.24) is 9.36 Å². The molecule has 1 saturated heterocycles. The van der Waals surface area contributed by atoms with Crippen LogP contribution in [0.15, 0.2) is 11.1 Å². The molecule has 1 aromatic heterocycles. The van der Waals surface area contributed by atoms with Crippen molar-refractivity contribution in [1.29, 1.82) is 0 Å². The normalized spacial score (nSPS) is 31.5. The molecule has 1 atom stereocenters. The third-order valence-electron chi connectivity index (χ3n) is 7.54. The lowest BCUT2D eigenvalue weighted by atomic mass is 9.81. The van der Waals surface area contributed by atoms with Gasteiger partial charge in [0, 0.05) is 30.8 Å². The van der Waals surface area contributed by atoms with Crippen LogP contribution in [0.2, 0.25) is 0 Å². The maximum absolute atomic E-state index is 13.4. The second-order valence-electron chi connectivity index (χ2n) is 10.5. The topological polar surface area (TPSA) is 74.8 Å². The summed E-state index contributed by atoms with van der Waals surface area (Å²) in [5, 5.41) is 0. The van der Waals surface area contributed by atoms with E-state index in [2.05, 4.69) is 35.1 Å². The predicted octanol–water partition coefficient (Wildman–Crippen LogP) is 2.85. The van der Waals surface area contributed by atoms with E-state index in [4.69, 9.17) is 9.47 Å². The van der Waals surface area contributed by atoms with Gasteiger partial charge >= 0.3 is 5.97 Å². The van der Waals surface area contributed by atoms with Crippen LogP contribution in [0, 0.1) is 10.8 Å². The van der Waals surface area contributed by atoms with Gasteiger partial charge in [-0.1, -0.05) is 20.8 Å². The fraction of sp³-hybridized carbons (Fsp3) is 0.783. The number of rotatable bonds is 4. The Kier molecular flexibility index (Phi) is 5.24. The summed E-state index contributed by atoms with van der Waals surface area (Å²) in [5.74, 6) is -0.254. The molecule has 1 aromatic rings. The van der Waals surface area contributed by atoms with Crippen molar-refractivity contribution in [3.05, 3.63) is 17.2 Å². The first-order valence-electron chi connectivity index (χ1n) is 11.2. The molecule has 7 heteroatoms. The Labute approximate surface area is 178 Å². The Balaban J connectivity index is 1.69. The van der Waals surface area contributed by atoms with Gasteiger partial charge in [-0.05, 0) is 44.9 Å². The van der Waals surface area contributed by atoms with Crippen LogP contribution in [0.4, 0.5) is 0 Å². The smallest absolute Gasteiger partial charge is 0.311 e. The molecule has 1 amide bonds. The number of amides is 1. The number of esters is 1. The molecule has 3 aliphatic rings. The van der Waals surface area contributed by atoms with Gasteiger partial charge in [0.05, 0.1) is 30.6 Å². The maximum Gasteiger partial charge on any atom is 0.311 e. The molecule has 2 aliphatic carbocycles. The molecule has 0 unspecified atom stereocenters. The number of aromatic nitrogens is 2. The van der Waals surface area contributed by atoms with E-state index in [1.807, 2.05) is 13.1 Å². The quantitative estimate of drug-likeness (QED) is 0.706. The van der Waals surface area contributed by atoms with Crippen LogP contribution in [0.5, 0.6) is 0 Å². The zero-order valence-electron chi connectivity index (χ0n) is 19.0. The maximum atomic E-state index is 13.4. The minimum atomic E-state index is -0.520. The third-order valence-corrected chi connectivity index (χ3v) is 7.54. The van der Waals surface area contributed by atoms with Crippen LogP contribution in [0.1, 0.15) is 71.4 Å². The van der Waals surface area contributed by atoms with E-state index in [-0.39, 0.29) is 23.4 Å². The SMILES string of the molecule is COC(=O)C12CCC(C(=O)N=c3cc(C(C)(C)C)n(C)n3C[C@H]3CCCO3)(CC1)C2. The Bertz CT molecular complexity index is 904. The molecule has 1 aliphatic heterocycles. The molecule has 2 saturated carbocycles. The van der Waals surface area contributed by atoms with E-state index in [0.29, 0.717) is 18.5 Å². The van der Waals surface area contributed by atoms with Gasteiger partial charge in [0.15, 0.2) is 5.49 Å². The number of carbonyl (C=O) groups is 2. The minimum Gasteiger partial charge on any atom is -0.469 e. The summed E-state index contributed by atoms with van der Waals surface area (Å²) in [6, 6.07) is 2.04. The molecule has 0 spiro atoms. The lowest BCUT2D eigenvalue weighted by Crippen LogP contribution is -2.32. The molecule has 2 bridgehead atoms. The molecule has 4 rings (SSSR count). The van der Waals surface area contributed by atoms with Gasteiger partial charge < -0.3 is 9.47 Å². The number of hydrogen-bond acceptors (Lipinski definition) is 4. The minimum absolute atomic E-state index is 0.0666. The largest absolute Gasteiger partial charge is 0.469 e. The van der Waals surface area contributed by atoms with Gasteiger partial charge in [-0.3, -0.25) is 19.0 Å². The first-order chi connectivity index (χ1) is 14.1. The molecule has 0 radical (unpaired) electrons. The van der Waals surface area contributed by atoms with E-state index in [1.165, 1.54) is 7.11 Å². The number of methoxy groups -OCH3 is 1. The summed E-state index contributed by atoms with van der Waals surface area (Å²) in [5.41, 5.74) is 0.753. The Morgan fingerprint density at radius 3 is 2.47 bits per heavy atom. The van der Waals surface area contributed by atoms with Crippen molar-refractivity contribution < 1.29 is 19.1 Å². The van der Waals surface area contributed by atoms with Crippen molar-refractivity contribution in [3.8, 4) is 0 Å². The highest BCUT2D eigenvalue weighted by Crippen LogP contribution is 2.62. The van der Waals surface area contributed by atoms with Crippen molar-refractivity contribution in [2.75, 3.05) is 13.7 Å². The Morgan fingerprint density at radius 2 is 1.90 bits per heavy atom. The summed E-state index contributed by atoms with van der Waals surface area (Å²) in [4.78, 5) is 30.4. The summed E-state index contributed by atoms with van der Waals surface area (Å²) in [7, 11) is 3.47. The monoisotopic (exact) mass is 417 g/mol. The predicted molar refractivity (Wildman–Crippen MR) is 112 cm³/mol. The first-order valence-corrected chi connectivity index (χ1v) is 11.2. The van der Waals surface area contributed by atoms with Gasteiger partial charge in [0.1, 0.15) is 0 Å². The first kappa shape index (κ1) is 21.3. The molecule has 3 fully saturated rings. The number of fused-ring (bicyclic) bond motifs is 2. The van der Waals surface area contributed by atoms with Gasteiger partial charge in [0.2, 0.25) is 0 Å². The molecular formula is C23H35N3O4. The second kappa shape index (κ2) is 7.36. The summed E-state index contributed by atoms with van der Waals surface area (Å²) >= 11 is 0. The number of ether oxygens (including phenoxy) is 2. The van der Waals surface area contributed by atoms with Crippen LogP contribution in [-0.2, 0) is 38.1 Å². The Hall–Kier alpha value is -1.89. The van der Waals surface area contributed by atoms with Crippen molar-refractivity contribution >= 4 is 11.9 Å². The summed E-state index contributed by atoms with van der Waals surface area (Å²) in [6.45, 7) is 7.99. The zero-order valence-corrected chi connectivity index (χ0v) is 19.0. The van der Waals surface area contributed by atoms with E-state index in [9.17, 15) is 9.59 Å². The molecular weight excluding hydrogens is 382 g/mol. The molecule has 30 heavy (non-hydrogen) atoms. The average molecular weight is 418 g/mol. The van der Waals surface area contributed by atoms with Crippen LogP contribution in [-0.4, -0.2) is 41.1 Å². The van der Waals surface area contributed by atoms with Crippen LogP contribution >= 0.6 is 0 Å². The van der Waals surface area contributed by atoms with Gasteiger partial charge in [-0.2, -0.15) is 4.99 Å². The molecule has 7 nitrogen and oxygen atoms in total. The lowest BCUT2D eigenvalue weighted by molar-refractivity contribution is -0.152. The molecule has 0 aromatic carbocycles. The highest BCUT2D eigenvalue weighted by atomic mass is 16.5. The van der Waals surface area contributed by atoms with E-state index >= 15 is 0 Å². The fourth-order valence-corrected chi connectivity index (χ4v) is 5.78. The van der Waals surface area contributed by atoms with Gasteiger partial charge in [-0.25, -0.2) is 0 Å². The van der Waals surface area contributed by atoms with Crippen LogP contribution in [0.3, 0.4) is 0 Å². The number of carbonyl (C=O) groups excluding carboxylic acids is 2. The van der Waals surface area contributed by atoms with E-state index < -0.39 is 10.8 Å². The van der Waals surface area contributed by atoms with Crippen molar-refractivity contribution in [3.63, 3.8) is 0 Å². The number of hydrogen-bond donors (Lipinski definition) is 0. The molecule has 0 N–H and O–H groups in total. The lowest BCUT2D eigenvalue weighted by Gasteiger charge is -2.24. The number of nitrogens with zero attached hydrogens (tertiary/aromatic N) is 3. The van der Waals surface area contributed by atoms with Crippen molar-refractivity contribution in [2.24, 2.45) is 22.9 Å². The van der Waals surface area contributed by atoms with Gasteiger partial charge in [0.25, 0.3) is 5.91 Å². The highest BCUT2D eigenvalue weighted by molar-refractivity contribution is 5.88. The Morgan fingerprint density at radius 1 is 1.23 bits per heavy atom. The summed E-state index contributed by atoms with van der Waals surface area (Å²) in [6.07, 6.45) is 5.71. The van der Waals surface area contributed by atoms with Crippen LogP contribution < -0.4 is 5.49 Å². The third kappa shape index (κ3) is 3.45. The van der Waals surface area contributed by atoms with E-state index in [1.54, 1.807) is 0 Å². The van der Waals surface area contributed by atoms with Crippen molar-refractivity contribution in [2.45, 2.75) is 83.8 Å². The molecule has 166 valence electrons. The highest BCUT2D eigenvalue weighted by Gasteiger charge is 2.61. The van der Waals surface area contributed by atoms with Crippen LogP contribution in [0.25, 0.3) is 0 Å². The van der Waals surface area contributed by atoms with E-state index in [0.717, 1.165) is 50.8 Å². The average Bonchev–Trinajstić information content (AvgIpc) is 3.47. The second-order valence-corrected chi connectivity index (χ2v) is 10.5.